The lowest BCUT2D eigenvalue weighted by atomic mass is 9.78. The number of fused-ring (bicyclic) bond motifs is 1. The maximum atomic E-state index is 12.0. The molecule has 6 nitrogen and oxygen atoms in total. The Morgan fingerprint density at radius 1 is 1.52 bits per heavy atom. The van der Waals surface area contributed by atoms with Gasteiger partial charge in [0.1, 0.15) is 0 Å². The lowest BCUT2D eigenvalue weighted by Crippen LogP contribution is -2.38. The van der Waals surface area contributed by atoms with E-state index in [0.717, 1.165) is 25.2 Å². The molecular weight excluding hydrogens is 292 g/mol. The van der Waals surface area contributed by atoms with Gasteiger partial charge in [-0.3, -0.25) is 15.0 Å². The van der Waals surface area contributed by atoms with E-state index in [2.05, 4.69) is 15.4 Å². The van der Waals surface area contributed by atoms with E-state index >= 15 is 0 Å². The fourth-order valence-corrected chi connectivity index (χ4v) is 3.54. The fraction of sp³-hybridized carbons (Fsp3) is 0.714. The van der Waals surface area contributed by atoms with E-state index in [4.69, 9.17) is 10.3 Å². The van der Waals surface area contributed by atoms with Gasteiger partial charge in [-0.25, -0.2) is 0 Å². The first-order chi connectivity index (χ1) is 9.61. The minimum Gasteiger partial charge on any atom is -0.338 e. The fourth-order valence-electron chi connectivity index (χ4n) is 3.54. The zero-order valence-corrected chi connectivity index (χ0v) is 13.1. The Bertz CT molecular complexity index is 493. The predicted octanol–water partition coefficient (Wildman–Crippen LogP) is 1.40. The number of halogens is 1. The summed E-state index contributed by atoms with van der Waals surface area (Å²) in [4.78, 5) is 14.2. The first-order valence-electron chi connectivity index (χ1n) is 7.33. The van der Waals surface area contributed by atoms with Crippen LogP contribution >= 0.6 is 12.4 Å². The number of hydrogen-bond acceptors (Lipinski definition) is 5. The van der Waals surface area contributed by atoms with Gasteiger partial charge in [-0.2, -0.15) is 0 Å². The molecule has 3 N–H and O–H groups in total. The zero-order valence-electron chi connectivity index (χ0n) is 12.2. The Balaban J connectivity index is 0.00000161. The molecule has 1 aliphatic heterocycles. The summed E-state index contributed by atoms with van der Waals surface area (Å²) in [6.07, 6.45) is 3.59. The van der Waals surface area contributed by atoms with Crippen LogP contribution in [0, 0.1) is 18.8 Å². The molecule has 1 aromatic heterocycles. The second kappa shape index (κ2) is 6.77. The highest BCUT2D eigenvalue weighted by Crippen LogP contribution is 2.35. The topological polar surface area (TPSA) is 84.4 Å². The van der Waals surface area contributed by atoms with Crippen molar-refractivity contribution in [2.24, 2.45) is 17.6 Å². The Labute approximate surface area is 130 Å². The van der Waals surface area contributed by atoms with Crippen LogP contribution < -0.4 is 11.1 Å². The number of carbonyl (C=O) groups excluding carboxylic acids is 1. The van der Waals surface area contributed by atoms with Crippen molar-refractivity contribution in [2.75, 3.05) is 25.0 Å². The Morgan fingerprint density at radius 2 is 2.33 bits per heavy atom. The molecule has 21 heavy (non-hydrogen) atoms. The van der Waals surface area contributed by atoms with E-state index in [-0.39, 0.29) is 18.3 Å². The average Bonchev–Trinajstić information content (AvgIpc) is 2.96. The molecule has 1 aliphatic carbocycles. The number of aryl methyl sites for hydroxylation is 1. The number of anilines is 1. The van der Waals surface area contributed by atoms with Gasteiger partial charge in [-0.1, -0.05) is 11.6 Å². The van der Waals surface area contributed by atoms with Crippen molar-refractivity contribution >= 4 is 24.2 Å². The van der Waals surface area contributed by atoms with E-state index in [1.54, 1.807) is 6.07 Å². The molecule has 2 heterocycles. The second-order valence-electron chi connectivity index (χ2n) is 6.09. The maximum Gasteiger partial charge on any atom is 0.240 e. The summed E-state index contributed by atoms with van der Waals surface area (Å²) in [5.74, 6) is 1.59. The van der Waals surface area contributed by atoms with E-state index < -0.39 is 0 Å². The number of rotatable bonds is 3. The smallest absolute Gasteiger partial charge is 0.240 e. The van der Waals surface area contributed by atoms with Crippen LogP contribution in [-0.4, -0.2) is 41.6 Å². The van der Waals surface area contributed by atoms with Gasteiger partial charge in [-0.15, -0.1) is 12.4 Å². The molecule has 1 aromatic rings. The van der Waals surface area contributed by atoms with Gasteiger partial charge in [0.25, 0.3) is 0 Å². The van der Waals surface area contributed by atoms with Gasteiger partial charge in [-0.05, 0) is 31.6 Å². The van der Waals surface area contributed by atoms with Crippen LogP contribution in [0.5, 0.6) is 0 Å². The molecule has 3 unspecified atom stereocenters. The monoisotopic (exact) mass is 314 g/mol. The number of carbonyl (C=O) groups is 1. The van der Waals surface area contributed by atoms with Crippen molar-refractivity contribution in [1.29, 1.82) is 0 Å². The molecule has 0 bridgehead atoms. The minimum absolute atomic E-state index is 0. The summed E-state index contributed by atoms with van der Waals surface area (Å²) in [7, 11) is 0. The van der Waals surface area contributed by atoms with Gasteiger partial charge in [0.15, 0.2) is 0 Å². The standard InChI is InChI=1S/C14H22N4O2.ClH/c1-9-5-14(20-17-9)16-13(19)8-18-6-10-3-2-4-12(15)11(10)7-18;/h5,10-12H,2-4,6-8,15H2,1H3,(H,16,19);1H. The highest BCUT2D eigenvalue weighted by Gasteiger charge is 2.38. The maximum absolute atomic E-state index is 12.0. The molecule has 0 aromatic carbocycles. The molecule has 3 atom stereocenters. The highest BCUT2D eigenvalue weighted by atomic mass is 35.5. The molecule has 3 rings (SSSR count). The van der Waals surface area contributed by atoms with Crippen molar-refractivity contribution in [1.82, 2.24) is 10.1 Å². The molecule has 7 heteroatoms. The number of nitrogens with two attached hydrogens (primary N) is 1. The summed E-state index contributed by atoms with van der Waals surface area (Å²) < 4.78 is 4.99. The van der Waals surface area contributed by atoms with Crippen LogP contribution in [0.1, 0.15) is 25.0 Å². The van der Waals surface area contributed by atoms with Crippen LogP contribution in [0.4, 0.5) is 5.88 Å². The average molecular weight is 315 g/mol. The Morgan fingerprint density at radius 3 is 3.00 bits per heavy atom. The van der Waals surface area contributed by atoms with E-state index in [1.807, 2.05) is 6.92 Å². The van der Waals surface area contributed by atoms with Crippen LogP contribution in [0.3, 0.4) is 0 Å². The second-order valence-corrected chi connectivity index (χ2v) is 6.09. The van der Waals surface area contributed by atoms with Crippen molar-refractivity contribution < 1.29 is 9.32 Å². The minimum atomic E-state index is -0.0478. The number of amides is 1. The third-order valence-corrected chi connectivity index (χ3v) is 4.49. The molecule has 1 amide bonds. The SMILES string of the molecule is Cc1cc(NC(=O)CN2CC3CCCC(N)C3C2)on1.Cl. The van der Waals surface area contributed by atoms with Crippen LogP contribution in [-0.2, 0) is 4.79 Å². The van der Waals surface area contributed by atoms with Gasteiger partial charge < -0.3 is 10.3 Å². The van der Waals surface area contributed by atoms with E-state index in [9.17, 15) is 4.79 Å². The van der Waals surface area contributed by atoms with Crippen LogP contribution in [0.15, 0.2) is 10.6 Å². The molecule has 0 radical (unpaired) electrons. The molecular formula is C14H23ClN4O2. The normalized spacial score (nSPS) is 28.8. The van der Waals surface area contributed by atoms with E-state index in [1.165, 1.54) is 12.8 Å². The summed E-state index contributed by atoms with van der Waals surface area (Å²) in [6, 6.07) is 2.02. The highest BCUT2D eigenvalue weighted by molar-refractivity contribution is 5.91. The third kappa shape index (κ3) is 3.75. The molecule has 1 saturated carbocycles. The van der Waals surface area contributed by atoms with Crippen molar-refractivity contribution in [3.05, 3.63) is 11.8 Å². The van der Waals surface area contributed by atoms with Crippen LogP contribution in [0.25, 0.3) is 0 Å². The molecule has 2 aliphatic rings. The van der Waals surface area contributed by atoms with Gasteiger partial charge in [0, 0.05) is 25.2 Å². The number of aromatic nitrogens is 1. The van der Waals surface area contributed by atoms with Crippen molar-refractivity contribution in [3.63, 3.8) is 0 Å². The number of nitrogens with one attached hydrogen (secondary N) is 1. The third-order valence-electron chi connectivity index (χ3n) is 4.49. The molecule has 118 valence electrons. The summed E-state index contributed by atoms with van der Waals surface area (Å²) >= 11 is 0. The van der Waals surface area contributed by atoms with Crippen molar-refractivity contribution in [2.45, 2.75) is 32.2 Å². The quantitative estimate of drug-likeness (QED) is 0.881. The van der Waals surface area contributed by atoms with Crippen molar-refractivity contribution in [3.8, 4) is 0 Å². The first-order valence-corrected chi connectivity index (χ1v) is 7.33. The lowest BCUT2D eigenvalue weighted by molar-refractivity contribution is -0.117. The van der Waals surface area contributed by atoms with E-state index in [0.29, 0.717) is 30.3 Å². The van der Waals surface area contributed by atoms with Gasteiger partial charge >= 0.3 is 0 Å². The summed E-state index contributed by atoms with van der Waals surface area (Å²) in [6.45, 7) is 4.15. The van der Waals surface area contributed by atoms with Crippen LogP contribution in [0.2, 0.25) is 0 Å². The molecule has 0 spiro atoms. The molecule has 2 fully saturated rings. The summed E-state index contributed by atoms with van der Waals surface area (Å²) in [5, 5.41) is 6.49. The first kappa shape index (κ1) is 16.3. The van der Waals surface area contributed by atoms with Gasteiger partial charge in [0.2, 0.25) is 11.8 Å². The lowest BCUT2D eigenvalue weighted by Gasteiger charge is -2.29. The largest absolute Gasteiger partial charge is 0.338 e. The number of likely N-dealkylation sites (tertiary alicyclic amines) is 1. The summed E-state index contributed by atoms with van der Waals surface area (Å²) in [5.41, 5.74) is 6.95. The predicted molar refractivity (Wildman–Crippen MR) is 82.4 cm³/mol. The zero-order chi connectivity index (χ0) is 14.1. The Hall–Kier alpha value is -1.11. The number of hydrogen-bond donors (Lipinski definition) is 2. The molecule has 1 saturated heterocycles. The van der Waals surface area contributed by atoms with Gasteiger partial charge in [0.05, 0.1) is 12.2 Å². The Kier molecular flexibility index (Phi) is 5.24. The number of nitrogens with zero attached hydrogens (tertiary/aromatic N) is 2.